The number of carbonyl (C=O) groups excluding carboxylic acids is 1. The number of alkyl halides is 2. The predicted octanol–water partition coefficient (Wildman–Crippen LogP) is 0.972. The molecular weight excluding hydrogens is 364 g/mol. The zero-order valence-corrected chi connectivity index (χ0v) is 15.6. The third kappa shape index (κ3) is 5.79. The van der Waals surface area contributed by atoms with Gasteiger partial charge in [-0.1, -0.05) is 13.8 Å². The Kier molecular flexibility index (Phi) is 7.40. The molecule has 2 N–H and O–H groups in total. The average molecular weight is 390 g/mol. The Morgan fingerprint density at radius 3 is 2.38 bits per heavy atom. The SMILES string of the molecule is CC(C)CS(=O)(=O)N1CCC(NC(=O)C2CC(F)(F)CN2)CC1.Cl. The fourth-order valence-corrected chi connectivity index (χ4v) is 4.83. The Balaban J connectivity index is 0.00000288. The van der Waals surface area contributed by atoms with Crippen LogP contribution in [0.25, 0.3) is 0 Å². The van der Waals surface area contributed by atoms with E-state index in [1.54, 1.807) is 0 Å². The molecule has 2 rings (SSSR count). The molecular formula is C14H26ClF2N3O3S. The zero-order valence-electron chi connectivity index (χ0n) is 13.9. The third-order valence-corrected chi connectivity index (χ3v) is 6.40. The maximum Gasteiger partial charge on any atom is 0.262 e. The average Bonchev–Trinajstić information content (AvgIpc) is 2.78. The van der Waals surface area contributed by atoms with Crippen molar-refractivity contribution in [2.45, 2.75) is 51.1 Å². The van der Waals surface area contributed by atoms with Gasteiger partial charge in [-0.2, -0.15) is 0 Å². The first-order chi connectivity index (χ1) is 10.6. The number of nitrogens with one attached hydrogen (secondary N) is 2. The van der Waals surface area contributed by atoms with Crippen molar-refractivity contribution in [1.82, 2.24) is 14.9 Å². The molecule has 0 radical (unpaired) electrons. The third-order valence-electron chi connectivity index (χ3n) is 4.16. The molecule has 0 spiro atoms. The van der Waals surface area contributed by atoms with Gasteiger partial charge in [0.15, 0.2) is 0 Å². The molecule has 142 valence electrons. The summed E-state index contributed by atoms with van der Waals surface area (Å²) in [6.45, 7) is 3.95. The van der Waals surface area contributed by atoms with Gasteiger partial charge >= 0.3 is 0 Å². The molecule has 2 saturated heterocycles. The fraction of sp³-hybridized carbons (Fsp3) is 0.929. The van der Waals surface area contributed by atoms with E-state index < -0.39 is 40.9 Å². The molecule has 0 aliphatic carbocycles. The van der Waals surface area contributed by atoms with E-state index in [0.29, 0.717) is 25.9 Å². The van der Waals surface area contributed by atoms with E-state index in [4.69, 9.17) is 0 Å². The number of rotatable bonds is 5. The quantitative estimate of drug-likeness (QED) is 0.734. The van der Waals surface area contributed by atoms with E-state index in [-0.39, 0.29) is 30.1 Å². The van der Waals surface area contributed by atoms with Crippen molar-refractivity contribution in [3.63, 3.8) is 0 Å². The van der Waals surface area contributed by atoms with Gasteiger partial charge in [-0.25, -0.2) is 21.5 Å². The molecule has 1 atom stereocenters. The molecule has 1 amide bonds. The fourth-order valence-electron chi connectivity index (χ4n) is 3.01. The van der Waals surface area contributed by atoms with E-state index in [2.05, 4.69) is 10.6 Å². The van der Waals surface area contributed by atoms with Crippen LogP contribution in [0.4, 0.5) is 8.78 Å². The number of halogens is 3. The first-order valence-corrected chi connectivity index (χ1v) is 9.59. The number of sulfonamides is 1. The molecule has 2 aliphatic rings. The molecule has 0 saturated carbocycles. The van der Waals surface area contributed by atoms with Crippen LogP contribution in [0.1, 0.15) is 33.1 Å². The largest absolute Gasteiger partial charge is 0.352 e. The van der Waals surface area contributed by atoms with E-state index in [9.17, 15) is 22.0 Å². The Morgan fingerprint density at radius 1 is 1.33 bits per heavy atom. The van der Waals surface area contributed by atoms with Gasteiger partial charge in [0, 0.05) is 25.6 Å². The minimum atomic E-state index is -3.26. The molecule has 1 unspecified atom stereocenters. The minimum absolute atomic E-state index is 0. The van der Waals surface area contributed by atoms with Crippen molar-refractivity contribution < 1.29 is 22.0 Å². The van der Waals surface area contributed by atoms with Crippen LogP contribution in [0, 0.1) is 5.92 Å². The smallest absolute Gasteiger partial charge is 0.262 e. The predicted molar refractivity (Wildman–Crippen MR) is 90.0 cm³/mol. The van der Waals surface area contributed by atoms with Crippen LogP contribution in [-0.4, -0.2) is 62.0 Å². The van der Waals surface area contributed by atoms with Gasteiger partial charge in [0.1, 0.15) is 0 Å². The monoisotopic (exact) mass is 389 g/mol. The second kappa shape index (κ2) is 8.25. The highest BCUT2D eigenvalue weighted by Gasteiger charge is 2.42. The van der Waals surface area contributed by atoms with Gasteiger partial charge in [0.2, 0.25) is 15.9 Å². The number of piperidine rings is 1. The van der Waals surface area contributed by atoms with Gasteiger partial charge < -0.3 is 5.32 Å². The van der Waals surface area contributed by atoms with Gasteiger partial charge in [-0.05, 0) is 18.8 Å². The Morgan fingerprint density at radius 2 is 1.92 bits per heavy atom. The van der Waals surface area contributed by atoms with Crippen LogP contribution in [0.2, 0.25) is 0 Å². The highest BCUT2D eigenvalue weighted by atomic mass is 35.5. The summed E-state index contributed by atoms with van der Waals surface area (Å²) in [5.41, 5.74) is 0. The standard InChI is InChI=1S/C14H25F2N3O3S.ClH/c1-10(2)8-23(21,22)19-5-3-11(4-6-19)18-13(20)12-7-14(15,16)9-17-12;/h10-12,17H,3-9H2,1-2H3,(H,18,20);1H. The first-order valence-electron chi connectivity index (χ1n) is 7.98. The van der Waals surface area contributed by atoms with E-state index >= 15 is 0 Å². The molecule has 24 heavy (non-hydrogen) atoms. The molecule has 0 aromatic carbocycles. The van der Waals surface area contributed by atoms with Crippen LogP contribution in [0.15, 0.2) is 0 Å². The summed E-state index contributed by atoms with van der Waals surface area (Å²) in [6.07, 6.45) is 0.527. The van der Waals surface area contributed by atoms with Gasteiger partial charge in [0.25, 0.3) is 5.92 Å². The van der Waals surface area contributed by atoms with Crippen molar-refractivity contribution in [2.24, 2.45) is 5.92 Å². The summed E-state index contributed by atoms with van der Waals surface area (Å²) < 4.78 is 52.0. The number of hydrogen-bond donors (Lipinski definition) is 2. The number of carbonyl (C=O) groups is 1. The van der Waals surface area contributed by atoms with E-state index in [1.807, 2.05) is 13.8 Å². The lowest BCUT2D eigenvalue weighted by Crippen LogP contribution is -2.50. The van der Waals surface area contributed by atoms with Crippen LogP contribution in [-0.2, 0) is 14.8 Å². The summed E-state index contributed by atoms with van der Waals surface area (Å²) in [7, 11) is -3.26. The molecule has 10 heteroatoms. The normalized spacial score (nSPS) is 25.5. The summed E-state index contributed by atoms with van der Waals surface area (Å²) >= 11 is 0. The number of nitrogens with zero attached hydrogens (tertiary/aromatic N) is 1. The molecule has 0 bridgehead atoms. The molecule has 0 aromatic heterocycles. The van der Waals surface area contributed by atoms with Crippen molar-refractivity contribution in [1.29, 1.82) is 0 Å². The first kappa shape index (κ1) is 21.5. The van der Waals surface area contributed by atoms with Crippen molar-refractivity contribution >= 4 is 28.3 Å². The molecule has 2 fully saturated rings. The molecule has 0 aromatic rings. The maximum atomic E-state index is 13.1. The number of amides is 1. The lowest BCUT2D eigenvalue weighted by molar-refractivity contribution is -0.124. The molecule has 6 nitrogen and oxygen atoms in total. The van der Waals surface area contributed by atoms with Gasteiger partial charge in [-0.15, -0.1) is 12.4 Å². The van der Waals surface area contributed by atoms with Crippen molar-refractivity contribution in [3.8, 4) is 0 Å². The molecule has 2 heterocycles. The summed E-state index contributed by atoms with van der Waals surface area (Å²) in [5.74, 6) is -3.08. The van der Waals surface area contributed by atoms with Crippen LogP contribution in [0.3, 0.4) is 0 Å². The second-order valence-corrected chi connectivity index (χ2v) is 8.86. The van der Waals surface area contributed by atoms with E-state index in [1.165, 1.54) is 4.31 Å². The topological polar surface area (TPSA) is 78.5 Å². The van der Waals surface area contributed by atoms with Crippen molar-refractivity contribution in [2.75, 3.05) is 25.4 Å². The lowest BCUT2D eigenvalue weighted by Gasteiger charge is -2.32. The highest BCUT2D eigenvalue weighted by Crippen LogP contribution is 2.25. The van der Waals surface area contributed by atoms with Crippen LogP contribution < -0.4 is 10.6 Å². The summed E-state index contributed by atoms with van der Waals surface area (Å²) in [6, 6.07) is -1.03. The van der Waals surface area contributed by atoms with E-state index in [0.717, 1.165) is 0 Å². The van der Waals surface area contributed by atoms with Crippen LogP contribution in [0.5, 0.6) is 0 Å². The minimum Gasteiger partial charge on any atom is -0.352 e. The van der Waals surface area contributed by atoms with Crippen LogP contribution >= 0.6 is 12.4 Å². The summed E-state index contributed by atoms with van der Waals surface area (Å²) in [4.78, 5) is 12.0. The Labute approximate surface area is 148 Å². The Bertz CT molecular complexity index is 537. The maximum absolute atomic E-state index is 13.1. The zero-order chi connectivity index (χ0) is 17.3. The lowest BCUT2D eigenvalue weighted by atomic mass is 10.1. The summed E-state index contributed by atoms with van der Waals surface area (Å²) in [5, 5.41) is 5.28. The Hall–Kier alpha value is -0.510. The van der Waals surface area contributed by atoms with Gasteiger partial charge in [0.05, 0.1) is 18.3 Å². The van der Waals surface area contributed by atoms with Gasteiger partial charge in [-0.3, -0.25) is 10.1 Å². The van der Waals surface area contributed by atoms with Crippen molar-refractivity contribution in [3.05, 3.63) is 0 Å². The highest BCUT2D eigenvalue weighted by molar-refractivity contribution is 7.89. The number of hydrogen-bond acceptors (Lipinski definition) is 4. The molecule has 2 aliphatic heterocycles. The second-order valence-electron chi connectivity index (χ2n) is 6.85.